The molecule has 0 aromatic rings. The standard InChI is InChI=1S/C11H20N2O2S/c14-16(15,10-3-1-2-4-10)13-7-9-5-6-12-11(9)8-13/h9-12H,1-8H2/t9-,11+/m0/s1. The minimum atomic E-state index is -2.99. The fourth-order valence-electron chi connectivity index (χ4n) is 3.41. The first kappa shape index (κ1) is 11.0. The number of sulfonamides is 1. The molecule has 4 nitrogen and oxygen atoms in total. The predicted octanol–water partition coefficient (Wildman–Crippen LogP) is 0.552. The Morgan fingerprint density at radius 2 is 1.81 bits per heavy atom. The van der Waals surface area contributed by atoms with Crippen LogP contribution < -0.4 is 5.32 Å². The molecule has 0 aromatic carbocycles. The number of nitrogens with zero attached hydrogens (tertiary/aromatic N) is 1. The Labute approximate surface area is 97.4 Å². The summed E-state index contributed by atoms with van der Waals surface area (Å²) in [7, 11) is -2.99. The molecule has 1 N–H and O–H groups in total. The van der Waals surface area contributed by atoms with Gasteiger partial charge in [0.1, 0.15) is 0 Å². The zero-order valence-corrected chi connectivity index (χ0v) is 10.4. The lowest BCUT2D eigenvalue weighted by Crippen LogP contribution is -2.38. The van der Waals surface area contributed by atoms with Crippen LogP contribution in [-0.2, 0) is 10.0 Å². The Bertz CT molecular complexity index is 350. The van der Waals surface area contributed by atoms with Gasteiger partial charge in [-0.2, -0.15) is 4.31 Å². The average molecular weight is 244 g/mol. The highest BCUT2D eigenvalue weighted by molar-refractivity contribution is 7.89. The first-order chi connectivity index (χ1) is 7.68. The maximum absolute atomic E-state index is 12.4. The van der Waals surface area contributed by atoms with E-state index in [-0.39, 0.29) is 5.25 Å². The Hall–Kier alpha value is -0.130. The van der Waals surface area contributed by atoms with E-state index < -0.39 is 10.0 Å². The van der Waals surface area contributed by atoms with Crippen LogP contribution in [-0.4, -0.2) is 43.6 Å². The van der Waals surface area contributed by atoms with E-state index in [1.165, 1.54) is 0 Å². The minimum absolute atomic E-state index is 0.0775. The highest BCUT2D eigenvalue weighted by atomic mass is 32.2. The van der Waals surface area contributed by atoms with E-state index >= 15 is 0 Å². The Morgan fingerprint density at radius 1 is 1.06 bits per heavy atom. The molecule has 0 bridgehead atoms. The van der Waals surface area contributed by atoms with E-state index in [4.69, 9.17) is 0 Å². The summed E-state index contributed by atoms with van der Waals surface area (Å²) in [6, 6.07) is 0.427. The third-order valence-electron chi connectivity index (χ3n) is 4.41. The highest BCUT2D eigenvalue weighted by Crippen LogP contribution is 2.32. The summed E-state index contributed by atoms with van der Waals surface area (Å²) >= 11 is 0. The molecular formula is C11H20N2O2S. The second-order valence-corrected chi connectivity index (χ2v) is 7.59. The van der Waals surface area contributed by atoms with Crippen LogP contribution in [0.4, 0.5) is 0 Å². The first-order valence-corrected chi connectivity index (χ1v) is 7.90. The normalized spacial score (nSPS) is 37.0. The second kappa shape index (κ2) is 3.96. The molecule has 16 heavy (non-hydrogen) atoms. The molecule has 0 radical (unpaired) electrons. The van der Waals surface area contributed by atoms with E-state index in [2.05, 4.69) is 5.32 Å². The maximum atomic E-state index is 12.4. The number of rotatable bonds is 2. The van der Waals surface area contributed by atoms with Gasteiger partial charge in [-0.05, 0) is 31.7 Å². The lowest BCUT2D eigenvalue weighted by Gasteiger charge is -2.21. The van der Waals surface area contributed by atoms with Gasteiger partial charge in [0.05, 0.1) is 5.25 Å². The van der Waals surface area contributed by atoms with Crippen LogP contribution in [0, 0.1) is 5.92 Å². The molecule has 5 heteroatoms. The largest absolute Gasteiger partial charge is 0.312 e. The third kappa shape index (κ3) is 1.69. The van der Waals surface area contributed by atoms with Gasteiger partial charge in [-0.1, -0.05) is 12.8 Å². The summed E-state index contributed by atoms with van der Waals surface area (Å²) in [5, 5.41) is 3.33. The van der Waals surface area contributed by atoms with Gasteiger partial charge in [-0.15, -0.1) is 0 Å². The molecule has 0 spiro atoms. The molecule has 3 aliphatic rings. The second-order valence-electron chi connectivity index (χ2n) is 5.38. The zero-order chi connectivity index (χ0) is 11.2. The Balaban J connectivity index is 1.73. The van der Waals surface area contributed by atoms with Gasteiger partial charge < -0.3 is 5.32 Å². The topological polar surface area (TPSA) is 49.4 Å². The number of hydrogen-bond donors (Lipinski definition) is 1. The van der Waals surface area contributed by atoms with Crippen LogP contribution in [0.15, 0.2) is 0 Å². The Morgan fingerprint density at radius 3 is 2.50 bits per heavy atom. The molecule has 1 aliphatic carbocycles. The van der Waals surface area contributed by atoms with Crippen LogP contribution in [0.5, 0.6) is 0 Å². The van der Waals surface area contributed by atoms with Gasteiger partial charge in [0.15, 0.2) is 0 Å². The smallest absolute Gasteiger partial charge is 0.217 e. The Kier molecular flexibility index (Phi) is 2.72. The van der Waals surface area contributed by atoms with E-state index in [1.807, 2.05) is 0 Å². The van der Waals surface area contributed by atoms with Gasteiger partial charge in [0, 0.05) is 19.1 Å². The van der Waals surface area contributed by atoms with Crippen LogP contribution in [0.1, 0.15) is 32.1 Å². The van der Waals surface area contributed by atoms with E-state index in [0.29, 0.717) is 18.5 Å². The van der Waals surface area contributed by atoms with Gasteiger partial charge in [0.25, 0.3) is 0 Å². The lowest BCUT2D eigenvalue weighted by molar-refractivity contribution is 0.438. The highest BCUT2D eigenvalue weighted by Gasteiger charge is 2.43. The summed E-state index contributed by atoms with van der Waals surface area (Å²) in [6.07, 6.45) is 5.07. The van der Waals surface area contributed by atoms with Gasteiger partial charge in [-0.25, -0.2) is 8.42 Å². The van der Waals surface area contributed by atoms with Crippen molar-refractivity contribution in [2.45, 2.75) is 43.4 Å². The van der Waals surface area contributed by atoms with Crippen molar-refractivity contribution < 1.29 is 8.42 Å². The van der Waals surface area contributed by atoms with Crippen molar-refractivity contribution in [3.05, 3.63) is 0 Å². The molecule has 3 fully saturated rings. The first-order valence-electron chi connectivity index (χ1n) is 6.40. The lowest BCUT2D eigenvalue weighted by atomic mass is 10.1. The molecule has 2 aliphatic heterocycles. The van der Waals surface area contributed by atoms with Crippen molar-refractivity contribution in [3.8, 4) is 0 Å². The quantitative estimate of drug-likeness (QED) is 0.772. The molecule has 0 aromatic heterocycles. The van der Waals surface area contributed by atoms with Crippen molar-refractivity contribution in [2.75, 3.05) is 19.6 Å². The van der Waals surface area contributed by atoms with Crippen LogP contribution in [0.2, 0.25) is 0 Å². The fraction of sp³-hybridized carbons (Fsp3) is 1.00. The van der Waals surface area contributed by atoms with Crippen LogP contribution in [0.25, 0.3) is 0 Å². The van der Waals surface area contributed by atoms with Crippen molar-refractivity contribution in [2.24, 2.45) is 5.92 Å². The average Bonchev–Trinajstić information content (AvgIpc) is 2.94. The summed E-state index contributed by atoms with van der Waals surface area (Å²) in [5.74, 6) is 0.566. The SMILES string of the molecule is O=S(=O)(C1CCCC1)N1C[C@@H]2CCN[C@@H]2C1. The van der Waals surface area contributed by atoms with Crippen LogP contribution >= 0.6 is 0 Å². The monoisotopic (exact) mass is 244 g/mol. The maximum Gasteiger partial charge on any atom is 0.217 e. The van der Waals surface area contributed by atoms with Crippen molar-refractivity contribution >= 4 is 10.0 Å². The van der Waals surface area contributed by atoms with E-state index in [0.717, 1.165) is 45.2 Å². The van der Waals surface area contributed by atoms with Crippen molar-refractivity contribution in [3.63, 3.8) is 0 Å². The number of fused-ring (bicyclic) bond motifs is 1. The van der Waals surface area contributed by atoms with Crippen molar-refractivity contribution in [1.29, 1.82) is 0 Å². The summed E-state index contributed by atoms with van der Waals surface area (Å²) < 4.78 is 26.5. The van der Waals surface area contributed by atoms with E-state index in [9.17, 15) is 8.42 Å². The molecule has 2 saturated heterocycles. The molecule has 1 saturated carbocycles. The molecule has 2 heterocycles. The zero-order valence-electron chi connectivity index (χ0n) is 9.56. The summed E-state index contributed by atoms with van der Waals surface area (Å²) in [6.45, 7) is 2.53. The van der Waals surface area contributed by atoms with E-state index in [1.54, 1.807) is 4.31 Å². The number of hydrogen-bond acceptors (Lipinski definition) is 3. The third-order valence-corrected chi connectivity index (χ3v) is 6.74. The number of nitrogens with one attached hydrogen (secondary N) is 1. The summed E-state index contributed by atoms with van der Waals surface area (Å²) in [5.41, 5.74) is 0. The fourth-order valence-corrected chi connectivity index (χ4v) is 5.53. The van der Waals surface area contributed by atoms with Gasteiger partial charge in [0.2, 0.25) is 10.0 Å². The molecular weight excluding hydrogens is 224 g/mol. The molecule has 0 unspecified atom stereocenters. The van der Waals surface area contributed by atoms with Gasteiger partial charge >= 0.3 is 0 Å². The molecule has 92 valence electrons. The minimum Gasteiger partial charge on any atom is -0.312 e. The van der Waals surface area contributed by atoms with Crippen LogP contribution in [0.3, 0.4) is 0 Å². The molecule has 3 rings (SSSR count). The predicted molar refractivity (Wildman–Crippen MR) is 62.6 cm³/mol. The summed E-state index contributed by atoms with van der Waals surface area (Å²) in [4.78, 5) is 0. The molecule has 0 amide bonds. The molecule has 2 atom stereocenters. The van der Waals surface area contributed by atoms with Gasteiger partial charge in [-0.3, -0.25) is 0 Å². The van der Waals surface area contributed by atoms with Crippen molar-refractivity contribution in [1.82, 2.24) is 9.62 Å².